The molecular formula is C22H17BrFN3O3. The van der Waals surface area contributed by atoms with E-state index in [1.54, 1.807) is 42.7 Å². The molecule has 152 valence electrons. The lowest BCUT2D eigenvalue weighted by atomic mass is 10.2. The fourth-order valence-corrected chi connectivity index (χ4v) is 3.68. The number of aryl methyl sites for hydroxylation is 2. The van der Waals surface area contributed by atoms with Crippen LogP contribution in [0.2, 0.25) is 0 Å². The number of fused-ring (bicyclic) bond motifs is 1. The van der Waals surface area contributed by atoms with E-state index in [0.717, 1.165) is 10.0 Å². The molecule has 0 bridgehead atoms. The Balaban J connectivity index is 1.76. The Bertz CT molecular complexity index is 1290. The van der Waals surface area contributed by atoms with Crippen LogP contribution in [0.15, 0.2) is 67.6 Å². The highest BCUT2D eigenvalue weighted by atomic mass is 79.9. The van der Waals surface area contributed by atoms with Crippen LogP contribution in [0, 0.1) is 19.7 Å². The Morgan fingerprint density at radius 3 is 2.57 bits per heavy atom. The minimum atomic E-state index is -0.557. The molecule has 0 aliphatic heterocycles. The zero-order valence-corrected chi connectivity index (χ0v) is 17.8. The lowest BCUT2D eigenvalue weighted by Crippen LogP contribution is -1.98. The van der Waals surface area contributed by atoms with E-state index < -0.39 is 5.91 Å². The molecule has 2 aromatic heterocycles. The second-order valence-corrected chi connectivity index (χ2v) is 7.79. The first-order valence-corrected chi connectivity index (χ1v) is 9.91. The molecule has 4 rings (SSSR count). The summed E-state index contributed by atoms with van der Waals surface area (Å²) in [5, 5.41) is 19.3. The Morgan fingerprint density at radius 1 is 1.17 bits per heavy atom. The molecule has 0 aliphatic carbocycles. The van der Waals surface area contributed by atoms with E-state index >= 15 is 0 Å². The number of carbonyl (C=O) groups is 1. The summed E-state index contributed by atoms with van der Waals surface area (Å²) in [6.45, 7) is 3.72. The highest BCUT2D eigenvalue weighted by Crippen LogP contribution is 2.40. The molecule has 0 fully saturated rings. The number of aromatic hydroxyl groups is 1. The molecule has 8 heteroatoms. The third-order valence-electron chi connectivity index (χ3n) is 4.74. The van der Waals surface area contributed by atoms with Crippen LogP contribution in [0.3, 0.4) is 0 Å². The van der Waals surface area contributed by atoms with Crippen LogP contribution in [-0.2, 0) is 6.54 Å². The first-order chi connectivity index (χ1) is 14.3. The predicted molar refractivity (Wildman–Crippen MR) is 114 cm³/mol. The molecule has 0 aliphatic rings. The van der Waals surface area contributed by atoms with Crippen molar-refractivity contribution in [3.05, 3.63) is 81.5 Å². The minimum absolute atomic E-state index is 0.135. The summed E-state index contributed by atoms with van der Waals surface area (Å²) in [5.74, 6) is 0.0418. The molecule has 2 aromatic carbocycles. The van der Waals surface area contributed by atoms with E-state index in [-0.39, 0.29) is 17.4 Å². The highest BCUT2D eigenvalue weighted by Gasteiger charge is 2.19. The van der Waals surface area contributed by atoms with Crippen LogP contribution in [0.25, 0.3) is 10.9 Å². The van der Waals surface area contributed by atoms with Gasteiger partial charge in [0.2, 0.25) is 5.88 Å². The van der Waals surface area contributed by atoms with Crippen LogP contribution in [-0.4, -0.2) is 15.6 Å². The van der Waals surface area contributed by atoms with Crippen molar-refractivity contribution in [1.82, 2.24) is 4.57 Å². The zero-order chi connectivity index (χ0) is 21.4. The quantitative estimate of drug-likeness (QED) is 0.349. The first-order valence-electron chi connectivity index (χ1n) is 9.11. The van der Waals surface area contributed by atoms with Gasteiger partial charge in [-0.2, -0.15) is 0 Å². The number of furan rings is 1. The average Bonchev–Trinajstić information content (AvgIpc) is 3.17. The van der Waals surface area contributed by atoms with Gasteiger partial charge >= 0.3 is 0 Å². The van der Waals surface area contributed by atoms with Crippen LogP contribution < -0.4 is 0 Å². The number of halogens is 2. The number of amides is 1. The van der Waals surface area contributed by atoms with Crippen molar-refractivity contribution in [2.45, 2.75) is 20.4 Å². The van der Waals surface area contributed by atoms with Gasteiger partial charge in [-0.15, -0.1) is 10.2 Å². The van der Waals surface area contributed by atoms with Crippen LogP contribution in [0.4, 0.5) is 10.1 Å². The number of hydrogen-bond acceptors (Lipinski definition) is 4. The second-order valence-electron chi connectivity index (χ2n) is 6.88. The van der Waals surface area contributed by atoms with Crippen molar-refractivity contribution in [1.29, 1.82) is 0 Å². The first kappa shape index (κ1) is 20.0. The van der Waals surface area contributed by atoms with Crippen molar-refractivity contribution >= 4 is 38.4 Å². The Morgan fingerprint density at radius 2 is 1.90 bits per heavy atom. The van der Waals surface area contributed by atoms with Crippen molar-refractivity contribution in [3.63, 3.8) is 0 Å². The van der Waals surface area contributed by atoms with Crippen molar-refractivity contribution < 1.29 is 18.7 Å². The predicted octanol–water partition coefficient (Wildman–Crippen LogP) is 6.43. The van der Waals surface area contributed by atoms with E-state index in [2.05, 4.69) is 26.2 Å². The summed E-state index contributed by atoms with van der Waals surface area (Å²) in [5.41, 5.74) is 2.01. The van der Waals surface area contributed by atoms with E-state index in [0.29, 0.717) is 34.5 Å². The van der Waals surface area contributed by atoms with Gasteiger partial charge in [0.1, 0.15) is 17.3 Å². The smallest absolute Gasteiger partial charge is 0.298 e. The lowest BCUT2D eigenvalue weighted by Gasteiger charge is -2.07. The van der Waals surface area contributed by atoms with Crippen molar-refractivity contribution in [3.8, 4) is 5.88 Å². The maximum atomic E-state index is 13.2. The molecule has 0 unspecified atom stereocenters. The zero-order valence-electron chi connectivity index (χ0n) is 16.2. The summed E-state index contributed by atoms with van der Waals surface area (Å²) >= 11 is 3.42. The number of rotatable bonds is 4. The van der Waals surface area contributed by atoms with Gasteiger partial charge in [0.05, 0.1) is 17.6 Å². The van der Waals surface area contributed by atoms with E-state index in [9.17, 15) is 14.3 Å². The number of nitrogens with zero attached hydrogens (tertiary/aromatic N) is 3. The van der Waals surface area contributed by atoms with Gasteiger partial charge in [-0.3, -0.25) is 4.79 Å². The molecule has 30 heavy (non-hydrogen) atoms. The van der Waals surface area contributed by atoms with Gasteiger partial charge in [-0.1, -0.05) is 28.1 Å². The number of carbonyl (C=O) groups excluding carboxylic acids is 1. The molecule has 0 atom stereocenters. The normalized spacial score (nSPS) is 11.6. The molecule has 4 aromatic rings. The Kier molecular flexibility index (Phi) is 5.26. The third-order valence-corrected chi connectivity index (χ3v) is 5.23. The Hall–Kier alpha value is -3.26. The van der Waals surface area contributed by atoms with E-state index in [4.69, 9.17) is 4.42 Å². The topological polar surface area (TPSA) is 80.1 Å². The number of azo groups is 1. The molecule has 0 saturated heterocycles. The van der Waals surface area contributed by atoms with Gasteiger partial charge in [0.15, 0.2) is 5.69 Å². The fourth-order valence-electron chi connectivity index (χ4n) is 3.32. The van der Waals surface area contributed by atoms with Gasteiger partial charge in [-0.25, -0.2) is 4.39 Å². The van der Waals surface area contributed by atoms with Crippen molar-refractivity contribution in [2.24, 2.45) is 10.2 Å². The number of benzene rings is 2. The van der Waals surface area contributed by atoms with Gasteiger partial charge in [-0.05, 0) is 55.8 Å². The fraction of sp³-hybridized carbons (Fsp3) is 0.136. The molecule has 0 saturated carbocycles. The van der Waals surface area contributed by atoms with Gasteiger partial charge in [0, 0.05) is 9.86 Å². The van der Waals surface area contributed by atoms with Crippen molar-refractivity contribution in [2.75, 3.05) is 0 Å². The molecule has 0 radical (unpaired) electrons. The van der Waals surface area contributed by atoms with Crippen LogP contribution in [0.1, 0.15) is 27.4 Å². The molecule has 6 nitrogen and oxygen atoms in total. The standard InChI is InChI=1S/C22H17BrFN3O3/c1-12-9-17(13(2)30-12)21(28)26-25-20-18-10-15(23)5-8-19(18)27(22(20)29)11-14-3-6-16(24)7-4-14/h3-10,29H,11H2,1-2H3. The molecular weight excluding hydrogens is 453 g/mol. The van der Waals surface area contributed by atoms with E-state index in [1.165, 1.54) is 12.1 Å². The molecule has 0 spiro atoms. The average molecular weight is 470 g/mol. The second kappa shape index (κ2) is 7.87. The Labute approximate surface area is 179 Å². The molecule has 1 N–H and O–H groups in total. The third kappa shape index (κ3) is 3.78. The van der Waals surface area contributed by atoms with Crippen LogP contribution >= 0.6 is 15.9 Å². The minimum Gasteiger partial charge on any atom is -0.493 e. The summed E-state index contributed by atoms with van der Waals surface area (Å²) in [6, 6.07) is 13.1. The number of aromatic nitrogens is 1. The van der Waals surface area contributed by atoms with E-state index in [1.807, 2.05) is 12.1 Å². The summed E-state index contributed by atoms with van der Waals surface area (Å²) in [6.07, 6.45) is 0. The maximum Gasteiger partial charge on any atom is 0.298 e. The summed E-state index contributed by atoms with van der Waals surface area (Å²) in [7, 11) is 0. The van der Waals surface area contributed by atoms with Gasteiger partial charge < -0.3 is 14.1 Å². The highest BCUT2D eigenvalue weighted by molar-refractivity contribution is 9.10. The molecule has 2 heterocycles. The SMILES string of the molecule is Cc1cc(C(=O)N=Nc2c(O)n(Cc3ccc(F)cc3)c3ccc(Br)cc23)c(C)o1. The maximum absolute atomic E-state index is 13.2. The number of hydrogen-bond donors (Lipinski definition) is 1. The largest absolute Gasteiger partial charge is 0.493 e. The van der Waals surface area contributed by atoms with Crippen LogP contribution in [0.5, 0.6) is 5.88 Å². The molecule has 1 amide bonds. The lowest BCUT2D eigenvalue weighted by molar-refractivity contribution is 0.0993. The summed E-state index contributed by atoms with van der Waals surface area (Å²) < 4.78 is 21.0. The monoisotopic (exact) mass is 469 g/mol. The van der Waals surface area contributed by atoms with Gasteiger partial charge in [0.25, 0.3) is 5.91 Å². The summed E-state index contributed by atoms with van der Waals surface area (Å²) in [4.78, 5) is 12.4.